The molecule has 0 atom stereocenters. The van der Waals surface area contributed by atoms with Crippen LogP contribution in [-0.2, 0) is 0 Å². The minimum absolute atomic E-state index is 1.92. The van der Waals surface area contributed by atoms with E-state index in [1.807, 2.05) is 0 Å². The van der Waals surface area contributed by atoms with Crippen molar-refractivity contribution in [3.63, 3.8) is 0 Å². The number of alkyl halides is 6. The minimum Gasteiger partial charge on any atom is -0.125 e. The molecule has 10 heteroatoms. The van der Waals surface area contributed by atoms with Gasteiger partial charge < -0.3 is 0 Å². The van der Waals surface area contributed by atoms with E-state index in [0.29, 0.717) is 0 Å². The van der Waals surface area contributed by atoms with Crippen LogP contribution in [0.25, 0.3) is 0 Å². The summed E-state index contributed by atoms with van der Waals surface area (Å²) in [4.78, 5) is 0. The third kappa shape index (κ3) is 1.98. The normalized spacial score (nSPS) is 21.1. The lowest BCUT2D eigenvalue weighted by molar-refractivity contribution is 0.459. The Labute approximate surface area is 103 Å². The Hall–Kier alpha value is 0.940. The van der Waals surface area contributed by atoms with E-state index in [4.69, 9.17) is 69.6 Å². The highest BCUT2D eigenvalue weighted by molar-refractivity contribution is 6.73. The van der Waals surface area contributed by atoms with Crippen molar-refractivity contribution in [1.82, 2.24) is 0 Å². The first-order valence-electron chi connectivity index (χ1n) is 2.68. The molecule has 1 aliphatic rings. The molecule has 0 bridgehead atoms. The van der Waals surface area contributed by atoms with Crippen LogP contribution < -0.4 is 0 Å². The molecule has 0 N–H and O–H groups in total. The molecule has 0 aromatic heterocycles. The van der Waals surface area contributed by atoms with Gasteiger partial charge in [0.05, 0.1) is 0 Å². The summed E-state index contributed by atoms with van der Waals surface area (Å²) in [7, 11) is 0. The standard InChI is InChI=1S/C3Cl6N4/c4-2(5,6)1(3(7,8)9)10-12-13-11-1. The van der Waals surface area contributed by atoms with E-state index in [-0.39, 0.29) is 0 Å². The van der Waals surface area contributed by atoms with E-state index in [0.717, 1.165) is 0 Å². The van der Waals surface area contributed by atoms with E-state index in [1.165, 1.54) is 0 Å². The van der Waals surface area contributed by atoms with Crippen LogP contribution in [0.15, 0.2) is 20.7 Å². The molecule has 0 unspecified atom stereocenters. The fourth-order valence-corrected chi connectivity index (χ4v) is 2.32. The van der Waals surface area contributed by atoms with Crippen molar-refractivity contribution in [2.45, 2.75) is 13.2 Å². The summed E-state index contributed by atoms with van der Waals surface area (Å²) < 4.78 is -4.08. The number of rotatable bonds is 0. The molecular weight excluding hydrogens is 305 g/mol. The molecular formula is C3Cl6N4. The maximum Gasteiger partial charge on any atom is 0.287 e. The van der Waals surface area contributed by atoms with Gasteiger partial charge in [0.25, 0.3) is 5.66 Å². The topological polar surface area (TPSA) is 49.4 Å². The molecule has 0 aliphatic carbocycles. The second-order valence-corrected chi connectivity index (χ2v) is 6.61. The summed E-state index contributed by atoms with van der Waals surface area (Å²) in [6, 6.07) is 0. The average Bonchev–Trinajstić information content (AvgIpc) is 2.28. The summed E-state index contributed by atoms with van der Waals surface area (Å²) in [5.74, 6) is 0. The number of nitrogens with zero attached hydrogens (tertiary/aromatic N) is 4. The van der Waals surface area contributed by atoms with Gasteiger partial charge in [0.2, 0.25) is 7.59 Å². The van der Waals surface area contributed by atoms with Crippen molar-refractivity contribution in [2.75, 3.05) is 0 Å². The zero-order valence-electron chi connectivity index (χ0n) is 5.56. The van der Waals surface area contributed by atoms with Gasteiger partial charge in [0, 0.05) is 0 Å². The maximum atomic E-state index is 5.55. The molecule has 0 aromatic carbocycles. The molecule has 4 nitrogen and oxygen atoms in total. The van der Waals surface area contributed by atoms with Crippen LogP contribution in [0.4, 0.5) is 0 Å². The fraction of sp³-hybridized carbons (Fsp3) is 1.00. The van der Waals surface area contributed by atoms with Gasteiger partial charge in [-0.3, -0.25) is 0 Å². The van der Waals surface area contributed by atoms with Gasteiger partial charge in [-0.2, -0.15) is 0 Å². The first-order valence-corrected chi connectivity index (χ1v) is 4.95. The SMILES string of the molecule is ClC(Cl)(Cl)C1(C(Cl)(Cl)Cl)N=NN=N1. The third-order valence-corrected chi connectivity index (χ3v) is 2.79. The van der Waals surface area contributed by atoms with E-state index >= 15 is 0 Å². The van der Waals surface area contributed by atoms with Crippen LogP contribution >= 0.6 is 69.6 Å². The molecule has 1 rings (SSSR count). The third-order valence-electron chi connectivity index (χ3n) is 1.21. The highest BCUT2D eigenvalue weighted by Gasteiger charge is 2.65. The first kappa shape index (κ1) is 12.0. The Morgan fingerprint density at radius 2 is 1.00 bits per heavy atom. The van der Waals surface area contributed by atoms with Crippen LogP contribution in [0, 0.1) is 0 Å². The predicted molar refractivity (Wildman–Crippen MR) is 53.0 cm³/mol. The van der Waals surface area contributed by atoms with Gasteiger partial charge in [-0.25, -0.2) is 0 Å². The van der Waals surface area contributed by atoms with Crippen molar-refractivity contribution in [2.24, 2.45) is 20.7 Å². The molecule has 0 radical (unpaired) electrons. The number of hydrogen-bond donors (Lipinski definition) is 0. The fourth-order valence-electron chi connectivity index (χ4n) is 0.577. The van der Waals surface area contributed by atoms with Gasteiger partial charge in [-0.1, -0.05) is 69.6 Å². The Kier molecular flexibility index (Phi) is 3.24. The lowest BCUT2D eigenvalue weighted by atomic mass is 10.2. The zero-order valence-corrected chi connectivity index (χ0v) is 10.1. The van der Waals surface area contributed by atoms with E-state index < -0.39 is 13.2 Å². The van der Waals surface area contributed by atoms with Crippen LogP contribution in [0.2, 0.25) is 0 Å². The predicted octanol–water partition coefficient (Wildman–Crippen LogP) is 4.26. The van der Waals surface area contributed by atoms with Crippen LogP contribution in [0.5, 0.6) is 0 Å². The van der Waals surface area contributed by atoms with Crippen molar-refractivity contribution < 1.29 is 0 Å². The van der Waals surface area contributed by atoms with Gasteiger partial charge >= 0.3 is 0 Å². The molecule has 0 spiro atoms. The van der Waals surface area contributed by atoms with E-state index in [2.05, 4.69) is 20.7 Å². The Morgan fingerprint density at radius 3 is 1.15 bits per heavy atom. The summed E-state index contributed by atoms with van der Waals surface area (Å²) in [5, 5.41) is 13.1. The summed E-state index contributed by atoms with van der Waals surface area (Å²) in [5.41, 5.74) is -1.92. The van der Waals surface area contributed by atoms with Crippen LogP contribution in [0.1, 0.15) is 0 Å². The van der Waals surface area contributed by atoms with Gasteiger partial charge in [0.15, 0.2) is 0 Å². The molecule has 0 saturated carbocycles. The van der Waals surface area contributed by atoms with Crippen molar-refractivity contribution >= 4 is 69.6 Å². The molecule has 0 amide bonds. The highest BCUT2D eigenvalue weighted by atomic mass is 35.6. The van der Waals surface area contributed by atoms with E-state index in [9.17, 15) is 0 Å². The number of hydrogen-bond acceptors (Lipinski definition) is 4. The Morgan fingerprint density at radius 1 is 0.692 bits per heavy atom. The molecule has 1 heterocycles. The second kappa shape index (κ2) is 3.51. The lowest BCUT2D eigenvalue weighted by Gasteiger charge is -2.32. The lowest BCUT2D eigenvalue weighted by Crippen LogP contribution is -2.49. The number of halogens is 6. The monoisotopic (exact) mass is 302 g/mol. The van der Waals surface area contributed by atoms with Crippen molar-refractivity contribution in [3.8, 4) is 0 Å². The summed E-state index contributed by atoms with van der Waals surface area (Å²) in [6.45, 7) is 0. The van der Waals surface area contributed by atoms with Gasteiger partial charge in [0.1, 0.15) is 0 Å². The van der Waals surface area contributed by atoms with Crippen molar-refractivity contribution in [1.29, 1.82) is 0 Å². The largest absolute Gasteiger partial charge is 0.287 e. The first-order chi connectivity index (χ1) is 5.71. The second-order valence-electron chi connectivity index (χ2n) is 2.05. The maximum absolute atomic E-state index is 5.55. The molecule has 0 aromatic rings. The molecule has 0 fully saturated rings. The molecule has 74 valence electrons. The molecule has 1 aliphatic heterocycles. The zero-order chi connectivity index (χ0) is 10.3. The highest BCUT2D eigenvalue weighted by Crippen LogP contribution is 2.56. The van der Waals surface area contributed by atoms with Crippen LogP contribution in [-0.4, -0.2) is 13.2 Å². The Bertz CT molecular complexity index is 232. The smallest absolute Gasteiger partial charge is 0.125 e. The quantitative estimate of drug-likeness (QED) is 0.601. The summed E-state index contributed by atoms with van der Waals surface area (Å²) in [6.07, 6.45) is 0. The van der Waals surface area contributed by atoms with Crippen molar-refractivity contribution in [3.05, 3.63) is 0 Å². The van der Waals surface area contributed by atoms with Crippen LogP contribution in [0.3, 0.4) is 0 Å². The molecule has 13 heavy (non-hydrogen) atoms. The minimum atomic E-state index is -2.04. The van der Waals surface area contributed by atoms with Gasteiger partial charge in [-0.15, -0.1) is 10.2 Å². The van der Waals surface area contributed by atoms with E-state index in [1.54, 1.807) is 0 Å². The summed E-state index contributed by atoms with van der Waals surface area (Å²) >= 11 is 33.3. The van der Waals surface area contributed by atoms with Gasteiger partial charge in [-0.05, 0) is 10.4 Å². The average molecular weight is 305 g/mol. The molecule has 0 saturated heterocycles. The Balaban J connectivity index is 3.19.